The number of nitro groups is 1. The maximum atomic E-state index is 10.9. The molecule has 2 N–H and O–H groups in total. The van der Waals surface area contributed by atoms with Crippen LogP contribution in [0.3, 0.4) is 0 Å². The largest absolute Gasteiger partial charge is 0.450 e. The van der Waals surface area contributed by atoms with Crippen molar-refractivity contribution >= 4 is 17.3 Å². The molecular formula is C13H11ClN2O3. The van der Waals surface area contributed by atoms with Gasteiger partial charge in [0.05, 0.1) is 4.92 Å². The zero-order valence-electron chi connectivity index (χ0n) is 9.88. The summed E-state index contributed by atoms with van der Waals surface area (Å²) in [7, 11) is 0. The van der Waals surface area contributed by atoms with Crippen LogP contribution in [0.2, 0.25) is 5.02 Å². The molecule has 0 aliphatic heterocycles. The highest BCUT2D eigenvalue weighted by atomic mass is 35.5. The second kappa shape index (κ2) is 5.69. The molecule has 0 aromatic heterocycles. The summed E-state index contributed by atoms with van der Waals surface area (Å²) in [6, 6.07) is 11.3. The van der Waals surface area contributed by atoms with Crippen LogP contribution in [0, 0.1) is 10.1 Å². The van der Waals surface area contributed by atoms with Crippen molar-refractivity contribution < 1.29 is 9.66 Å². The van der Waals surface area contributed by atoms with Gasteiger partial charge < -0.3 is 10.5 Å². The van der Waals surface area contributed by atoms with E-state index in [0.29, 0.717) is 12.3 Å². The van der Waals surface area contributed by atoms with Crippen LogP contribution in [-0.2, 0) is 6.54 Å². The molecule has 0 bridgehead atoms. The van der Waals surface area contributed by atoms with Crippen LogP contribution >= 0.6 is 11.6 Å². The zero-order chi connectivity index (χ0) is 13.8. The topological polar surface area (TPSA) is 78.4 Å². The molecule has 2 aromatic carbocycles. The molecule has 2 aromatic rings. The number of hydrogen-bond acceptors (Lipinski definition) is 4. The van der Waals surface area contributed by atoms with Crippen LogP contribution in [0.25, 0.3) is 0 Å². The molecule has 0 radical (unpaired) electrons. The summed E-state index contributed by atoms with van der Waals surface area (Å²) in [5.74, 6) is 0.636. The molecule has 0 atom stereocenters. The van der Waals surface area contributed by atoms with E-state index in [1.807, 2.05) is 6.07 Å². The van der Waals surface area contributed by atoms with Gasteiger partial charge >= 0.3 is 5.69 Å². The lowest BCUT2D eigenvalue weighted by Crippen LogP contribution is -1.97. The highest BCUT2D eigenvalue weighted by Gasteiger charge is 2.16. The Morgan fingerprint density at radius 3 is 2.74 bits per heavy atom. The molecule has 0 unspecified atom stereocenters. The Bertz CT molecular complexity index is 617. The Labute approximate surface area is 114 Å². The van der Waals surface area contributed by atoms with E-state index in [0.717, 1.165) is 5.56 Å². The third-order valence-corrected chi connectivity index (χ3v) is 2.71. The van der Waals surface area contributed by atoms with E-state index in [2.05, 4.69) is 0 Å². The molecule has 0 amide bonds. The van der Waals surface area contributed by atoms with Crippen molar-refractivity contribution in [1.29, 1.82) is 0 Å². The number of hydrogen-bond donors (Lipinski definition) is 1. The first kappa shape index (κ1) is 13.3. The van der Waals surface area contributed by atoms with Gasteiger partial charge in [0.2, 0.25) is 5.75 Å². The SMILES string of the molecule is NCc1cccc(Oc2ccc(Cl)cc2[N+](=O)[O-])c1. The highest BCUT2D eigenvalue weighted by Crippen LogP contribution is 2.33. The van der Waals surface area contributed by atoms with Crippen molar-refractivity contribution in [2.45, 2.75) is 6.54 Å². The third kappa shape index (κ3) is 3.21. The monoisotopic (exact) mass is 278 g/mol. The Hall–Kier alpha value is -2.11. The van der Waals surface area contributed by atoms with Gasteiger partial charge in [0.1, 0.15) is 5.75 Å². The van der Waals surface area contributed by atoms with Crippen LogP contribution in [0.5, 0.6) is 11.5 Å². The minimum atomic E-state index is -0.534. The van der Waals surface area contributed by atoms with Gasteiger partial charge in [-0.25, -0.2) is 0 Å². The fraction of sp³-hybridized carbons (Fsp3) is 0.0769. The summed E-state index contributed by atoms with van der Waals surface area (Å²) in [6.07, 6.45) is 0. The van der Waals surface area contributed by atoms with Crippen molar-refractivity contribution in [3.8, 4) is 11.5 Å². The quantitative estimate of drug-likeness (QED) is 0.686. The molecule has 2 rings (SSSR count). The van der Waals surface area contributed by atoms with Crippen LogP contribution in [-0.4, -0.2) is 4.92 Å². The van der Waals surface area contributed by atoms with Gasteiger partial charge in [0.25, 0.3) is 0 Å². The lowest BCUT2D eigenvalue weighted by molar-refractivity contribution is -0.385. The smallest absolute Gasteiger partial charge is 0.313 e. The van der Waals surface area contributed by atoms with E-state index in [4.69, 9.17) is 22.1 Å². The highest BCUT2D eigenvalue weighted by molar-refractivity contribution is 6.30. The van der Waals surface area contributed by atoms with E-state index >= 15 is 0 Å². The number of halogens is 1. The predicted octanol–water partition coefficient (Wildman–Crippen LogP) is 3.50. The summed E-state index contributed by atoms with van der Waals surface area (Å²) in [4.78, 5) is 10.4. The minimum absolute atomic E-state index is 0.142. The first-order valence-electron chi connectivity index (χ1n) is 5.51. The van der Waals surface area contributed by atoms with Crippen molar-refractivity contribution in [1.82, 2.24) is 0 Å². The van der Waals surface area contributed by atoms with Crippen molar-refractivity contribution in [3.63, 3.8) is 0 Å². The van der Waals surface area contributed by atoms with Crippen LogP contribution in [0.1, 0.15) is 5.56 Å². The minimum Gasteiger partial charge on any atom is -0.450 e. The maximum Gasteiger partial charge on any atom is 0.313 e. The van der Waals surface area contributed by atoms with Gasteiger partial charge in [-0.2, -0.15) is 0 Å². The molecule has 19 heavy (non-hydrogen) atoms. The van der Waals surface area contributed by atoms with Gasteiger partial charge in [-0.3, -0.25) is 10.1 Å². The summed E-state index contributed by atoms with van der Waals surface area (Å²) in [6.45, 7) is 0.375. The molecule has 0 spiro atoms. The average molecular weight is 279 g/mol. The average Bonchev–Trinajstić information content (AvgIpc) is 2.41. The summed E-state index contributed by atoms with van der Waals surface area (Å²) < 4.78 is 5.51. The molecule has 6 heteroatoms. The summed E-state index contributed by atoms with van der Waals surface area (Å²) >= 11 is 5.74. The third-order valence-electron chi connectivity index (χ3n) is 2.48. The standard InChI is InChI=1S/C13H11ClN2O3/c14-10-4-5-13(12(7-10)16(17)18)19-11-3-1-2-9(6-11)8-15/h1-7H,8,15H2. The van der Waals surface area contributed by atoms with E-state index < -0.39 is 4.92 Å². The van der Waals surface area contributed by atoms with E-state index in [-0.39, 0.29) is 16.5 Å². The first-order valence-corrected chi connectivity index (χ1v) is 5.89. The Kier molecular flexibility index (Phi) is 3.99. The Morgan fingerprint density at radius 1 is 1.26 bits per heavy atom. The lowest BCUT2D eigenvalue weighted by atomic mass is 10.2. The van der Waals surface area contributed by atoms with Gasteiger partial charge in [0.15, 0.2) is 0 Å². The van der Waals surface area contributed by atoms with E-state index in [1.165, 1.54) is 18.2 Å². The van der Waals surface area contributed by atoms with Gasteiger partial charge in [-0.1, -0.05) is 23.7 Å². The number of nitro benzene ring substituents is 1. The Balaban J connectivity index is 2.34. The van der Waals surface area contributed by atoms with Gasteiger partial charge in [0, 0.05) is 17.6 Å². The summed E-state index contributed by atoms with van der Waals surface area (Å²) in [5, 5.41) is 11.2. The lowest BCUT2D eigenvalue weighted by Gasteiger charge is -2.07. The molecule has 0 fully saturated rings. The Morgan fingerprint density at radius 2 is 2.05 bits per heavy atom. The second-order valence-corrected chi connectivity index (χ2v) is 4.26. The van der Waals surface area contributed by atoms with Crippen molar-refractivity contribution in [2.75, 3.05) is 0 Å². The first-order chi connectivity index (χ1) is 9.10. The normalized spacial score (nSPS) is 10.2. The molecule has 0 heterocycles. The molecule has 0 aliphatic carbocycles. The van der Waals surface area contributed by atoms with Crippen LogP contribution < -0.4 is 10.5 Å². The number of benzene rings is 2. The molecular weight excluding hydrogens is 268 g/mol. The molecule has 98 valence electrons. The molecule has 0 aliphatic rings. The van der Waals surface area contributed by atoms with E-state index in [9.17, 15) is 10.1 Å². The fourth-order valence-corrected chi connectivity index (χ4v) is 1.75. The zero-order valence-corrected chi connectivity index (χ0v) is 10.6. The number of nitrogens with two attached hydrogens (primary N) is 1. The molecule has 5 nitrogen and oxygen atoms in total. The van der Waals surface area contributed by atoms with Crippen LogP contribution in [0.4, 0.5) is 5.69 Å². The van der Waals surface area contributed by atoms with Crippen molar-refractivity contribution in [2.24, 2.45) is 5.73 Å². The number of ether oxygens (including phenoxy) is 1. The van der Waals surface area contributed by atoms with Gasteiger partial charge in [-0.15, -0.1) is 0 Å². The second-order valence-electron chi connectivity index (χ2n) is 3.82. The van der Waals surface area contributed by atoms with Crippen LogP contribution in [0.15, 0.2) is 42.5 Å². The van der Waals surface area contributed by atoms with Gasteiger partial charge in [-0.05, 0) is 29.8 Å². The molecule has 0 saturated heterocycles. The molecule has 0 saturated carbocycles. The van der Waals surface area contributed by atoms with E-state index in [1.54, 1.807) is 18.2 Å². The fourth-order valence-electron chi connectivity index (χ4n) is 1.58. The number of rotatable bonds is 4. The van der Waals surface area contributed by atoms with Crippen molar-refractivity contribution in [3.05, 3.63) is 63.2 Å². The number of nitrogens with zero attached hydrogens (tertiary/aromatic N) is 1. The predicted molar refractivity (Wildman–Crippen MR) is 72.5 cm³/mol. The summed E-state index contributed by atoms with van der Waals surface area (Å²) in [5.41, 5.74) is 6.24. The maximum absolute atomic E-state index is 10.9.